The van der Waals surface area contributed by atoms with Crippen molar-refractivity contribution >= 4 is 18.0 Å². The summed E-state index contributed by atoms with van der Waals surface area (Å²) in [5.74, 6) is -1.10. The van der Waals surface area contributed by atoms with Gasteiger partial charge in [0.15, 0.2) is 0 Å². The van der Waals surface area contributed by atoms with Crippen LogP contribution in [0.15, 0.2) is 6.07 Å². The van der Waals surface area contributed by atoms with Crippen molar-refractivity contribution in [2.45, 2.75) is 58.7 Å². The van der Waals surface area contributed by atoms with Crippen LogP contribution in [0.1, 0.15) is 39.1 Å². The highest BCUT2D eigenvalue weighted by molar-refractivity contribution is 5.89. The smallest absolute Gasteiger partial charge is 0.408 e. The monoisotopic (exact) mass is 368 g/mol. The zero-order chi connectivity index (χ0) is 20.1. The fourth-order valence-electron chi connectivity index (χ4n) is 2.27. The number of nitrogens with one attached hydrogen (secondary N) is 2. The molecular formula is C17H28N4O5. The van der Waals surface area contributed by atoms with Crippen LogP contribution in [0.4, 0.5) is 4.79 Å². The lowest BCUT2D eigenvalue weighted by atomic mass is 10.1. The van der Waals surface area contributed by atoms with E-state index in [0.717, 1.165) is 11.4 Å². The van der Waals surface area contributed by atoms with Gasteiger partial charge in [0.1, 0.15) is 17.7 Å². The van der Waals surface area contributed by atoms with E-state index in [0.29, 0.717) is 0 Å². The highest BCUT2D eigenvalue weighted by Gasteiger charge is 2.28. The highest BCUT2D eigenvalue weighted by Crippen LogP contribution is 2.09. The molecule has 1 aromatic rings. The van der Waals surface area contributed by atoms with Crippen molar-refractivity contribution in [3.8, 4) is 0 Å². The Morgan fingerprint density at radius 2 is 1.88 bits per heavy atom. The van der Waals surface area contributed by atoms with E-state index in [1.54, 1.807) is 32.5 Å². The summed E-state index contributed by atoms with van der Waals surface area (Å²) >= 11 is 0. The predicted molar refractivity (Wildman–Crippen MR) is 94.4 cm³/mol. The van der Waals surface area contributed by atoms with E-state index in [2.05, 4.69) is 20.5 Å². The maximum absolute atomic E-state index is 12.6. The molecule has 9 heteroatoms. The van der Waals surface area contributed by atoms with E-state index in [4.69, 9.17) is 4.74 Å². The molecule has 0 aromatic carbocycles. The number of ether oxygens (including phenoxy) is 2. The van der Waals surface area contributed by atoms with E-state index in [9.17, 15) is 14.4 Å². The van der Waals surface area contributed by atoms with E-state index < -0.39 is 35.7 Å². The molecule has 2 unspecified atom stereocenters. The summed E-state index contributed by atoms with van der Waals surface area (Å²) in [5.41, 5.74) is 0.847. The Morgan fingerprint density at radius 1 is 1.27 bits per heavy atom. The number of nitrogens with zero attached hydrogens (tertiary/aromatic N) is 2. The average Bonchev–Trinajstić information content (AvgIpc) is 2.81. The second-order valence-electron chi connectivity index (χ2n) is 7.06. The molecule has 0 aliphatic carbocycles. The molecule has 0 saturated carbocycles. The van der Waals surface area contributed by atoms with Gasteiger partial charge >= 0.3 is 12.1 Å². The van der Waals surface area contributed by atoms with Crippen molar-refractivity contribution in [3.63, 3.8) is 0 Å². The Morgan fingerprint density at radius 3 is 2.35 bits per heavy atom. The van der Waals surface area contributed by atoms with Gasteiger partial charge in [-0.3, -0.25) is 9.48 Å². The molecular weight excluding hydrogens is 340 g/mol. The molecule has 26 heavy (non-hydrogen) atoms. The van der Waals surface area contributed by atoms with E-state index >= 15 is 0 Å². The number of carbonyl (C=O) groups is 3. The molecule has 0 spiro atoms. The molecule has 0 bridgehead atoms. The fraction of sp³-hybridized carbons (Fsp3) is 0.647. The molecule has 2 amide bonds. The van der Waals surface area contributed by atoms with Gasteiger partial charge in [-0.15, -0.1) is 0 Å². The number of hydrogen-bond acceptors (Lipinski definition) is 6. The summed E-state index contributed by atoms with van der Waals surface area (Å²) in [4.78, 5) is 36.2. The summed E-state index contributed by atoms with van der Waals surface area (Å²) in [5, 5.41) is 9.32. The number of methoxy groups -OCH3 is 1. The molecule has 1 aromatic heterocycles. The van der Waals surface area contributed by atoms with Gasteiger partial charge in [-0.2, -0.15) is 5.10 Å². The van der Waals surface area contributed by atoms with Crippen LogP contribution < -0.4 is 10.6 Å². The number of hydrogen-bond donors (Lipinski definition) is 2. The Kier molecular flexibility index (Phi) is 7.17. The third-order valence-corrected chi connectivity index (χ3v) is 3.43. The first kappa shape index (κ1) is 21.5. The summed E-state index contributed by atoms with van der Waals surface area (Å²) < 4.78 is 11.5. The van der Waals surface area contributed by atoms with Crippen LogP contribution >= 0.6 is 0 Å². The van der Waals surface area contributed by atoms with Crippen LogP contribution in [0.5, 0.6) is 0 Å². The molecule has 0 saturated heterocycles. The van der Waals surface area contributed by atoms with E-state index in [-0.39, 0.29) is 6.42 Å². The average molecular weight is 368 g/mol. The topological polar surface area (TPSA) is 112 Å². The lowest BCUT2D eigenvalue weighted by Crippen LogP contribution is -2.52. The normalized spacial score (nSPS) is 13.5. The molecule has 1 rings (SSSR count). The predicted octanol–water partition coefficient (Wildman–Crippen LogP) is 0.842. The molecule has 0 aliphatic heterocycles. The van der Waals surface area contributed by atoms with Gasteiger partial charge in [0, 0.05) is 19.2 Å². The molecule has 1 heterocycles. The lowest BCUT2D eigenvalue weighted by Gasteiger charge is -2.24. The Balaban J connectivity index is 2.93. The second kappa shape index (κ2) is 8.68. The number of alkyl carbamates (subject to hydrolysis) is 1. The lowest BCUT2D eigenvalue weighted by molar-refractivity contribution is -0.144. The molecule has 2 atom stereocenters. The Bertz CT molecular complexity index is 663. The maximum atomic E-state index is 12.6. The van der Waals surface area contributed by atoms with Gasteiger partial charge in [-0.05, 0) is 40.7 Å². The Labute approximate surface area is 153 Å². The molecule has 0 aliphatic rings. The molecule has 146 valence electrons. The van der Waals surface area contributed by atoms with Crippen LogP contribution in [-0.2, 0) is 32.5 Å². The second-order valence-corrected chi connectivity index (χ2v) is 7.06. The number of aryl methyl sites for hydroxylation is 2. The van der Waals surface area contributed by atoms with E-state index in [1.165, 1.54) is 14.0 Å². The minimum absolute atomic E-state index is 0.191. The number of amides is 2. The number of carbonyl (C=O) groups excluding carboxylic acids is 3. The van der Waals surface area contributed by atoms with Crippen molar-refractivity contribution in [2.75, 3.05) is 7.11 Å². The first-order chi connectivity index (χ1) is 11.9. The molecule has 2 N–H and O–H groups in total. The molecule has 9 nitrogen and oxygen atoms in total. The largest absolute Gasteiger partial charge is 0.467 e. The third kappa shape index (κ3) is 6.73. The summed E-state index contributed by atoms with van der Waals surface area (Å²) in [6.45, 7) is 8.52. The SMILES string of the molecule is COC(=O)C(C)NC(=O)C(Cc1cc(C)nn1C)NC(=O)OC(C)(C)C. The van der Waals surface area contributed by atoms with Crippen molar-refractivity contribution in [2.24, 2.45) is 7.05 Å². The van der Waals surface area contributed by atoms with E-state index in [1.807, 2.05) is 13.0 Å². The van der Waals surface area contributed by atoms with Crippen molar-refractivity contribution in [1.82, 2.24) is 20.4 Å². The van der Waals surface area contributed by atoms with Crippen LogP contribution in [0, 0.1) is 6.92 Å². The van der Waals surface area contributed by atoms with Crippen molar-refractivity contribution in [1.29, 1.82) is 0 Å². The van der Waals surface area contributed by atoms with Gasteiger partial charge in [-0.25, -0.2) is 9.59 Å². The van der Waals surface area contributed by atoms with Gasteiger partial charge in [0.25, 0.3) is 0 Å². The Hall–Kier alpha value is -2.58. The number of rotatable bonds is 6. The first-order valence-electron chi connectivity index (χ1n) is 8.30. The summed E-state index contributed by atoms with van der Waals surface area (Å²) in [6, 6.07) is 0.0382. The van der Waals surface area contributed by atoms with Crippen LogP contribution in [-0.4, -0.2) is 52.5 Å². The van der Waals surface area contributed by atoms with Gasteiger partial charge < -0.3 is 20.1 Å². The maximum Gasteiger partial charge on any atom is 0.408 e. The van der Waals surface area contributed by atoms with Gasteiger partial charge in [0.2, 0.25) is 5.91 Å². The fourth-order valence-corrected chi connectivity index (χ4v) is 2.27. The quantitative estimate of drug-likeness (QED) is 0.720. The molecule has 0 radical (unpaired) electrons. The van der Waals surface area contributed by atoms with Crippen molar-refractivity contribution in [3.05, 3.63) is 17.5 Å². The summed E-state index contributed by atoms with van der Waals surface area (Å²) in [6.07, 6.45) is -0.529. The third-order valence-electron chi connectivity index (χ3n) is 3.43. The first-order valence-corrected chi connectivity index (χ1v) is 8.30. The number of esters is 1. The van der Waals surface area contributed by atoms with Gasteiger partial charge in [-0.1, -0.05) is 0 Å². The van der Waals surface area contributed by atoms with Crippen molar-refractivity contribution < 1.29 is 23.9 Å². The zero-order valence-corrected chi connectivity index (χ0v) is 16.4. The van der Waals surface area contributed by atoms with Gasteiger partial charge in [0.05, 0.1) is 12.8 Å². The standard InChI is InChI=1S/C17H28N4O5/c1-10-8-12(21(6)20-10)9-13(19-16(24)26-17(3,4)5)14(22)18-11(2)15(23)25-7/h8,11,13H,9H2,1-7H3,(H,18,22)(H,19,24). The number of aromatic nitrogens is 2. The summed E-state index contributed by atoms with van der Waals surface area (Å²) in [7, 11) is 2.99. The minimum Gasteiger partial charge on any atom is -0.467 e. The highest BCUT2D eigenvalue weighted by atomic mass is 16.6. The zero-order valence-electron chi connectivity index (χ0n) is 16.4. The molecule has 0 fully saturated rings. The van der Waals surface area contributed by atoms with Crippen LogP contribution in [0.3, 0.4) is 0 Å². The van der Waals surface area contributed by atoms with Crippen LogP contribution in [0.2, 0.25) is 0 Å². The van der Waals surface area contributed by atoms with Crippen LogP contribution in [0.25, 0.3) is 0 Å². The minimum atomic E-state index is -0.938.